The van der Waals surface area contributed by atoms with E-state index in [1.165, 1.54) is 12.0 Å². The molecule has 1 aromatic heterocycles. The second-order valence-corrected chi connectivity index (χ2v) is 6.06. The van der Waals surface area contributed by atoms with E-state index in [2.05, 4.69) is 39.0 Å². The summed E-state index contributed by atoms with van der Waals surface area (Å²) in [7, 11) is 2.04. The Hall–Kier alpha value is -1.91. The minimum Gasteiger partial charge on any atom is -0.329 e. The number of piperidine rings is 1. The number of rotatable bonds is 4. The third-order valence-electron chi connectivity index (χ3n) is 4.24. The van der Waals surface area contributed by atoms with Crippen molar-refractivity contribution in [2.45, 2.75) is 25.4 Å². The highest BCUT2D eigenvalue weighted by Gasteiger charge is 2.16. The van der Waals surface area contributed by atoms with Crippen LogP contribution in [-0.4, -0.2) is 36.1 Å². The molecule has 4 nitrogen and oxygen atoms in total. The van der Waals surface area contributed by atoms with Gasteiger partial charge in [0.05, 0.1) is 0 Å². The molecule has 1 aromatic carbocycles. The molecule has 2 heterocycles. The molecule has 1 atom stereocenters. The van der Waals surface area contributed by atoms with E-state index in [0.717, 1.165) is 37.6 Å². The van der Waals surface area contributed by atoms with Crippen molar-refractivity contribution in [3.8, 4) is 0 Å². The predicted octanol–water partition coefficient (Wildman–Crippen LogP) is 2.77. The van der Waals surface area contributed by atoms with Crippen LogP contribution in [0.3, 0.4) is 0 Å². The monoisotopic (exact) mass is 296 g/mol. The Bertz CT molecular complexity index is 582. The summed E-state index contributed by atoms with van der Waals surface area (Å²) in [5, 5.41) is 0. The average molecular weight is 296 g/mol. The summed E-state index contributed by atoms with van der Waals surface area (Å²) in [5.41, 5.74) is 8.44. The van der Waals surface area contributed by atoms with Gasteiger partial charge in [-0.05, 0) is 43.1 Å². The van der Waals surface area contributed by atoms with Gasteiger partial charge >= 0.3 is 0 Å². The summed E-state index contributed by atoms with van der Waals surface area (Å²) in [4.78, 5) is 9.13. The number of anilines is 2. The molecule has 0 amide bonds. The molecular weight excluding hydrogens is 272 g/mol. The molecule has 1 saturated heterocycles. The van der Waals surface area contributed by atoms with Crippen LogP contribution < -0.4 is 10.6 Å². The number of hydrogen-bond acceptors (Lipinski definition) is 4. The molecule has 0 spiro atoms. The molecule has 0 unspecified atom stereocenters. The molecule has 4 heteroatoms. The van der Waals surface area contributed by atoms with Crippen molar-refractivity contribution in [2.24, 2.45) is 5.73 Å². The van der Waals surface area contributed by atoms with Gasteiger partial charge in [0.15, 0.2) is 0 Å². The fourth-order valence-electron chi connectivity index (χ4n) is 2.99. The molecule has 2 aromatic rings. The molecule has 0 saturated carbocycles. The lowest BCUT2D eigenvalue weighted by molar-refractivity contribution is 0.201. The quantitative estimate of drug-likeness (QED) is 0.942. The molecule has 22 heavy (non-hydrogen) atoms. The Morgan fingerprint density at radius 1 is 1.23 bits per heavy atom. The first-order valence-corrected chi connectivity index (χ1v) is 7.94. The molecule has 0 bridgehead atoms. The summed E-state index contributed by atoms with van der Waals surface area (Å²) >= 11 is 0. The van der Waals surface area contributed by atoms with Gasteiger partial charge in [0.25, 0.3) is 0 Å². The van der Waals surface area contributed by atoms with E-state index in [-0.39, 0.29) is 0 Å². The van der Waals surface area contributed by atoms with Crippen LogP contribution in [0.25, 0.3) is 0 Å². The van der Waals surface area contributed by atoms with Gasteiger partial charge in [-0.15, -0.1) is 0 Å². The van der Waals surface area contributed by atoms with E-state index < -0.39 is 0 Å². The van der Waals surface area contributed by atoms with Crippen LogP contribution in [-0.2, 0) is 6.54 Å². The summed E-state index contributed by atoms with van der Waals surface area (Å²) in [5.74, 6) is 0.963. The Labute approximate surface area is 132 Å². The van der Waals surface area contributed by atoms with Crippen LogP contribution in [0, 0.1) is 0 Å². The van der Waals surface area contributed by atoms with Gasteiger partial charge < -0.3 is 10.6 Å². The molecular formula is C18H24N4. The highest BCUT2D eigenvalue weighted by atomic mass is 15.2. The number of likely N-dealkylation sites (tertiary alicyclic amines) is 1. The zero-order valence-corrected chi connectivity index (χ0v) is 13.2. The third kappa shape index (κ3) is 3.64. The largest absolute Gasteiger partial charge is 0.329 e. The van der Waals surface area contributed by atoms with Gasteiger partial charge in [-0.3, -0.25) is 4.90 Å². The van der Waals surface area contributed by atoms with Crippen molar-refractivity contribution in [3.63, 3.8) is 0 Å². The minimum atomic E-state index is 0.324. The third-order valence-corrected chi connectivity index (χ3v) is 4.24. The number of benzene rings is 1. The lowest BCUT2D eigenvalue weighted by Crippen LogP contribution is -2.42. The van der Waals surface area contributed by atoms with E-state index in [1.54, 1.807) is 0 Å². The van der Waals surface area contributed by atoms with Crippen LogP contribution >= 0.6 is 0 Å². The molecule has 0 aliphatic carbocycles. The van der Waals surface area contributed by atoms with E-state index in [4.69, 9.17) is 5.73 Å². The summed E-state index contributed by atoms with van der Waals surface area (Å²) in [6, 6.07) is 14.9. The number of pyridine rings is 1. The van der Waals surface area contributed by atoms with Crippen LogP contribution in [0.4, 0.5) is 11.5 Å². The summed E-state index contributed by atoms with van der Waals surface area (Å²) in [6.45, 7) is 3.07. The first-order chi connectivity index (χ1) is 10.7. The lowest BCUT2D eigenvalue weighted by Gasteiger charge is -2.30. The molecule has 116 valence electrons. The Balaban J connectivity index is 1.65. The van der Waals surface area contributed by atoms with Gasteiger partial charge in [-0.2, -0.15) is 0 Å². The van der Waals surface area contributed by atoms with E-state index in [9.17, 15) is 0 Å². The highest BCUT2D eigenvalue weighted by Crippen LogP contribution is 2.21. The predicted molar refractivity (Wildman–Crippen MR) is 91.2 cm³/mol. The maximum atomic E-state index is 6.04. The van der Waals surface area contributed by atoms with E-state index in [1.807, 2.05) is 31.4 Å². The smallest absolute Gasteiger partial charge is 0.132 e. The van der Waals surface area contributed by atoms with E-state index in [0.29, 0.717) is 6.04 Å². The number of nitrogens with two attached hydrogens (primary N) is 1. The molecule has 2 N–H and O–H groups in total. The zero-order valence-electron chi connectivity index (χ0n) is 13.2. The zero-order chi connectivity index (χ0) is 15.4. The van der Waals surface area contributed by atoms with Crippen LogP contribution in [0.2, 0.25) is 0 Å². The number of nitrogens with zero attached hydrogens (tertiary/aromatic N) is 3. The highest BCUT2D eigenvalue weighted by molar-refractivity contribution is 5.58. The minimum absolute atomic E-state index is 0.324. The number of hydrogen-bond donors (Lipinski definition) is 1. The van der Waals surface area contributed by atoms with Crippen molar-refractivity contribution < 1.29 is 0 Å². The van der Waals surface area contributed by atoms with Crippen molar-refractivity contribution >= 4 is 11.5 Å². The second-order valence-electron chi connectivity index (χ2n) is 6.06. The Kier molecular flexibility index (Phi) is 4.71. The van der Waals surface area contributed by atoms with E-state index >= 15 is 0 Å². The van der Waals surface area contributed by atoms with Gasteiger partial charge in [0, 0.05) is 38.1 Å². The molecule has 3 rings (SSSR count). The van der Waals surface area contributed by atoms with Crippen molar-refractivity contribution in [2.75, 3.05) is 25.0 Å². The van der Waals surface area contributed by atoms with Crippen molar-refractivity contribution in [1.29, 1.82) is 0 Å². The Morgan fingerprint density at radius 3 is 2.73 bits per heavy atom. The van der Waals surface area contributed by atoms with Crippen molar-refractivity contribution in [1.82, 2.24) is 9.88 Å². The maximum Gasteiger partial charge on any atom is 0.132 e. The molecule has 1 aliphatic rings. The number of aromatic nitrogens is 1. The van der Waals surface area contributed by atoms with Gasteiger partial charge in [-0.25, -0.2) is 4.98 Å². The Morgan fingerprint density at radius 2 is 2.05 bits per heavy atom. The fourth-order valence-corrected chi connectivity index (χ4v) is 2.99. The first kappa shape index (κ1) is 15.0. The normalized spacial score (nSPS) is 19.1. The lowest BCUT2D eigenvalue weighted by atomic mass is 10.1. The average Bonchev–Trinajstić information content (AvgIpc) is 2.56. The summed E-state index contributed by atoms with van der Waals surface area (Å²) in [6.07, 6.45) is 4.33. The SMILES string of the molecule is CN(c1ccccc1)c1ccc(CN2CCC[C@@H](N)C2)cn1. The topological polar surface area (TPSA) is 45.4 Å². The summed E-state index contributed by atoms with van der Waals surface area (Å²) < 4.78 is 0. The number of para-hydroxylation sites is 1. The van der Waals surface area contributed by atoms with Gasteiger partial charge in [0.2, 0.25) is 0 Å². The molecule has 1 fully saturated rings. The molecule has 1 aliphatic heterocycles. The van der Waals surface area contributed by atoms with Crippen LogP contribution in [0.5, 0.6) is 0 Å². The van der Waals surface area contributed by atoms with Gasteiger partial charge in [-0.1, -0.05) is 24.3 Å². The van der Waals surface area contributed by atoms with Crippen LogP contribution in [0.15, 0.2) is 48.7 Å². The maximum absolute atomic E-state index is 6.04. The van der Waals surface area contributed by atoms with Crippen LogP contribution in [0.1, 0.15) is 18.4 Å². The van der Waals surface area contributed by atoms with Gasteiger partial charge in [0.1, 0.15) is 5.82 Å². The first-order valence-electron chi connectivity index (χ1n) is 7.94. The fraction of sp³-hybridized carbons (Fsp3) is 0.389. The standard InChI is InChI=1S/C18H24N4/c1-21(17-7-3-2-4-8-17)18-10-9-15(12-20-18)13-22-11-5-6-16(19)14-22/h2-4,7-10,12,16H,5-6,11,13-14,19H2,1H3/t16-/m1/s1. The van der Waals surface area contributed by atoms with Crippen molar-refractivity contribution in [3.05, 3.63) is 54.2 Å². The molecule has 0 radical (unpaired) electrons. The second kappa shape index (κ2) is 6.90.